The number of unbranched alkanes of at least 4 members (excludes halogenated alkanes) is 1. The molecule has 17 heavy (non-hydrogen) atoms. The van der Waals surface area contributed by atoms with Gasteiger partial charge in [-0.3, -0.25) is 4.79 Å². The largest absolute Gasteiger partial charge is 0.480 e. The molecule has 0 aromatic heterocycles. The summed E-state index contributed by atoms with van der Waals surface area (Å²) >= 11 is 3.83. The number of halogens is 1. The van der Waals surface area contributed by atoms with Crippen LogP contribution in [-0.2, 0) is 9.59 Å². The van der Waals surface area contributed by atoms with Crippen molar-refractivity contribution in [2.45, 2.75) is 31.3 Å². The van der Waals surface area contributed by atoms with Crippen molar-refractivity contribution >= 4 is 36.9 Å². The van der Waals surface area contributed by atoms with Gasteiger partial charge in [0, 0.05) is 5.75 Å². The Hall–Kier alpha value is -0.500. The van der Waals surface area contributed by atoms with E-state index in [2.05, 4.69) is 17.9 Å². The number of aliphatic carboxylic acids is 1. The molecule has 0 aromatic carbocycles. The van der Waals surface area contributed by atoms with Gasteiger partial charge in [0.1, 0.15) is 6.04 Å². The van der Waals surface area contributed by atoms with E-state index in [0.717, 1.165) is 12.8 Å². The van der Waals surface area contributed by atoms with Gasteiger partial charge in [-0.05, 0) is 19.4 Å². The van der Waals surface area contributed by atoms with Crippen molar-refractivity contribution in [1.29, 1.82) is 0 Å². The molecule has 0 radical (unpaired) electrons. The van der Waals surface area contributed by atoms with Crippen molar-refractivity contribution in [1.82, 2.24) is 5.32 Å². The molecule has 1 amide bonds. The molecule has 0 aliphatic rings. The first kappa shape index (κ1) is 18.9. The minimum atomic E-state index is -1.11. The first-order chi connectivity index (χ1) is 7.52. The molecular formula is C9H20ClN3O3S. The highest BCUT2D eigenvalue weighted by Crippen LogP contribution is 1.99. The van der Waals surface area contributed by atoms with Crippen LogP contribution in [0.1, 0.15) is 19.3 Å². The van der Waals surface area contributed by atoms with Gasteiger partial charge in [0.2, 0.25) is 5.91 Å². The maximum absolute atomic E-state index is 11.4. The molecule has 0 aliphatic heterocycles. The summed E-state index contributed by atoms with van der Waals surface area (Å²) < 4.78 is 0. The summed E-state index contributed by atoms with van der Waals surface area (Å²) in [7, 11) is 0. The molecule has 0 heterocycles. The van der Waals surface area contributed by atoms with Crippen LogP contribution in [0.25, 0.3) is 0 Å². The average molecular weight is 286 g/mol. The second-order valence-corrected chi connectivity index (χ2v) is 3.84. The maximum Gasteiger partial charge on any atom is 0.327 e. The molecule has 2 atom stereocenters. The SMILES string of the molecule is Cl.NCCCCC(N)C(=O)N[C@@H](CS)C(=O)O. The minimum Gasteiger partial charge on any atom is -0.480 e. The number of rotatable bonds is 8. The number of carboxylic acids is 1. The fraction of sp³-hybridized carbons (Fsp3) is 0.778. The maximum atomic E-state index is 11.4. The molecule has 6 nitrogen and oxygen atoms in total. The van der Waals surface area contributed by atoms with Crippen LogP contribution >= 0.6 is 25.0 Å². The summed E-state index contributed by atoms with van der Waals surface area (Å²) in [5, 5.41) is 11.0. The summed E-state index contributed by atoms with van der Waals surface area (Å²) in [6, 6.07) is -1.68. The van der Waals surface area contributed by atoms with E-state index in [9.17, 15) is 9.59 Å². The smallest absolute Gasteiger partial charge is 0.327 e. The summed E-state index contributed by atoms with van der Waals surface area (Å²) in [4.78, 5) is 22.1. The van der Waals surface area contributed by atoms with Crippen molar-refractivity contribution < 1.29 is 14.7 Å². The summed E-state index contributed by atoms with van der Waals surface area (Å²) in [5.41, 5.74) is 10.9. The van der Waals surface area contributed by atoms with Gasteiger partial charge in [-0.25, -0.2) is 4.79 Å². The summed E-state index contributed by atoms with van der Waals surface area (Å²) in [5.74, 6) is -1.53. The third kappa shape index (κ3) is 8.25. The van der Waals surface area contributed by atoms with Crippen molar-refractivity contribution in [3.8, 4) is 0 Å². The van der Waals surface area contributed by atoms with Gasteiger partial charge in [0.25, 0.3) is 0 Å². The van der Waals surface area contributed by atoms with Crippen molar-refractivity contribution in [3.63, 3.8) is 0 Å². The molecule has 0 saturated carbocycles. The lowest BCUT2D eigenvalue weighted by Gasteiger charge is -2.16. The second-order valence-electron chi connectivity index (χ2n) is 3.47. The van der Waals surface area contributed by atoms with Gasteiger partial charge in [0.05, 0.1) is 6.04 Å². The van der Waals surface area contributed by atoms with Crippen LogP contribution in [0.3, 0.4) is 0 Å². The average Bonchev–Trinajstić information content (AvgIpc) is 2.25. The zero-order valence-electron chi connectivity index (χ0n) is 9.46. The highest BCUT2D eigenvalue weighted by molar-refractivity contribution is 7.80. The van der Waals surface area contributed by atoms with Crippen LogP contribution in [0, 0.1) is 0 Å². The van der Waals surface area contributed by atoms with Crippen molar-refractivity contribution in [2.24, 2.45) is 11.5 Å². The Morgan fingerprint density at radius 2 is 1.94 bits per heavy atom. The van der Waals surface area contributed by atoms with Crippen LogP contribution < -0.4 is 16.8 Å². The van der Waals surface area contributed by atoms with Gasteiger partial charge in [0.15, 0.2) is 0 Å². The Morgan fingerprint density at radius 1 is 1.35 bits per heavy atom. The van der Waals surface area contributed by atoms with Crippen LogP contribution in [0.4, 0.5) is 0 Å². The highest BCUT2D eigenvalue weighted by Gasteiger charge is 2.21. The molecule has 8 heteroatoms. The second kappa shape index (κ2) is 10.6. The summed E-state index contributed by atoms with van der Waals surface area (Å²) in [6.45, 7) is 0.558. The zero-order chi connectivity index (χ0) is 12.6. The third-order valence-corrected chi connectivity index (χ3v) is 2.47. The monoisotopic (exact) mass is 285 g/mol. The van der Waals surface area contributed by atoms with Gasteiger partial charge in [-0.15, -0.1) is 12.4 Å². The molecule has 0 rings (SSSR count). The fourth-order valence-electron chi connectivity index (χ4n) is 1.10. The number of hydrogen-bond donors (Lipinski definition) is 5. The van der Waals surface area contributed by atoms with Crippen LogP contribution in [0.15, 0.2) is 0 Å². The summed E-state index contributed by atoms with van der Waals surface area (Å²) in [6.07, 6.45) is 2.06. The number of nitrogens with one attached hydrogen (secondary N) is 1. The normalized spacial score (nSPS) is 13.4. The van der Waals surface area contributed by atoms with Crippen molar-refractivity contribution in [3.05, 3.63) is 0 Å². The van der Waals surface area contributed by atoms with Gasteiger partial charge in [-0.2, -0.15) is 12.6 Å². The first-order valence-electron chi connectivity index (χ1n) is 5.12. The van der Waals surface area contributed by atoms with E-state index in [1.807, 2.05) is 0 Å². The molecule has 102 valence electrons. The molecule has 0 saturated heterocycles. The quantitative estimate of drug-likeness (QED) is 0.300. The lowest BCUT2D eigenvalue weighted by atomic mass is 10.1. The van der Waals surface area contributed by atoms with Crippen molar-refractivity contribution in [2.75, 3.05) is 12.3 Å². The van der Waals surface area contributed by atoms with Crippen LogP contribution in [-0.4, -0.2) is 41.4 Å². The fourth-order valence-corrected chi connectivity index (χ4v) is 1.35. The van der Waals surface area contributed by atoms with Gasteiger partial charge in [-0.1, -0.05) is 6.42 Å². The number of amides is 1. The minimum absolute atomic E-state index is 0. The lowest BCUT2D eigenvalue weighted by molar-refractivity contribution is -0.141. The molecule has 0 spiro atoms. The van der Waals surface area contributed by atoms with Crippen LogP contribution in [0.2, 0.25) is 0 Å². The molecule has 0 aliphatic carbocycles. The Bertz CT molecular complexity index is 244. The predicted molar refractivity (Wildman–Crippen MR) is 71.5 cm³/mol. The molecular weight excluding hydrogens is 266 g/mol. The molecule has 6 N–H and O–H groups in total. The van der Waals surface area contributed by atoms with Crippen LogP contribution in [0.5, 0.6) is 0 Å². The molecule has 0 bridgehead atoms. The molecule has 1 unspecified atom stereocenters. The van der Waals surface area contributed by atoms with E-state index >= 15 is 0 Å². The van der Waals surface area contributed by atoms with E-state index in [-0.39, 0.29) is 18.2 Å². The topological polar surface area (TPSA) is 118 Å². The molecule has 0 aromatic rings. The van der Waals surface area contributed by atoms with E-state index in [1.54, 1.807) is 0 Å². The predicted octanol–water partition coefficient (Wildman–Crippen LogP) is -0.636. The van der Waals surface area contributed by atoms with Gasteiger partial charge >= 0.3 is 5.97 Å². The number of carbonyl (C=O) groups is 2. The highest BCUT2D eigenvalue weighted by atomic mass is 35.5. The third-order valence-electron chi connectivity index (χ3n) is 2.10. The van der Waals surface area contributed by atoms with E-state index in [1.165, 1.54) is 0 Å². The number of carbonyl (C=O) groups excluding carboxylic acids is 1. The Labute approximate surface area is 112 Å². The standard InChI is InChI=1S/C9H19N3O3S.ClH/c10-4-2-1-3-6(11)8(13)12-7(5-16)9(14)15;/h6-7,16H,1-5,10-11H2,(H,12,13)(H,14,15);1H/t6?,7-;/m0./s1. The lowest BCUT2D eigenvalue weighted by Crippen LogP contribution is -2.49. The first-order valence-corrected chi connectivity index (χ1v) is 5.75. The Kier molecular flexibility index (Phi) is 11.8. The van der Waals surface area contributed by atoms with E-state index in [4.69, 9.17) is 16.6 Å². The zero-order valence-corrected chi connectivity index (χ0v) is 11.2. The number of nitrogens with two attached hydrogens (primary N) is 2. The number of thiol groups is 1. The number of hydrogen-bond acceptors (Lipinski definition) is 5. The number of carboxylic acid groups (broad SMARTS) is 1. The molecule has 0 fully saturated rings. The van der Waals surface area contributed by atoms with E-state index < -0.39 is 24.0 Å². The Balaban J connectivity index is 0. The Morgan fingerprint density at radius 3 is 2.35 bits per heavy atom. The van der Waals surface area contributed by atoms with E-state index in [0.29, 0.717) is 13.0 Å². The van der Waals surface area contributed by atoms with Gasteiger partial charge < -0.3 is 21.9 Å².